The highest BCUT2D eigenvalue weighted by Gasteiger charge is 2.47. The molecule has 2 aliphatic rings. The minimum atomic E-state index is -0.236. The third kappa shape index (κ3) is 2.98. The fraction of sp³-hybridized carbons (Fsp3) is 0.474. The Morgan fingerprint density at radius 1 is 1.23 bits per heavy atom. The molecule has 3 amide bonds. The van der Waals surface area contributed by atoms with Crippen LogP contribution in [0.25, 0.3) is 11.1 Å². The summed E-state index contributed by atoms with van der Waals surface area (Å²) in [6, 6.07) is 5.24. The molecule has 26 heavy (non-hydrogen) atoms. The highest BCUT2D eigenvalue weighted by Crippen LogP contribution is 2.38. The number of rotatable bonds is 4. The number of oxazole rings is 1. The van der Waals surface area contributed by atoms with Crippen LogP contribution in [0.2, 0.25) is 0 Å². The molecule has 7 nitrogen and oxygen atoms in total. The van der Waals surface area contributed by atoms with E-state index in [0.717, 1.165) is 25.7 Å². The molecule has 136 valence electrons. The number of nitrogens with zero attached hydrogens (tertiary/aromatic N) is 2. The zero-order valence-electron chi connectivity index (χ0n) is 14.7. The number of aryl methyl sites for hydroxylation is 1. The fourth-order valence-electron chi connectivity index (χ4n) is 4.01. The van der Waals surface area contributed by atoms with Gasteiger partial charge < -0.3 is 9.73 Å². The van der Waals surface area contributed by atoms with Crippen molar-refractivity contribution in [2.45, 2.75) is 39.0 Å². The Morgan fingerprint density at radius 2 is 1.92 bits per heavy atom. The molecule has 2 atom stereocenters. The number of imide groups is 1. The topological polar surface area (TPSA) is 92.5 Å². The van der Waals surface area contributed by atoms with Gasteiger partial charge in [0, 0.05) is 25.6 Å². The summed E-state index contributed by atoms with van der Waals surface area (Å²) in [7, 11) is 0. The molecule has 1 aromatic carbocycles. The van der Waals surface area contributed by atoms with Gasteiger partial charge in [0.1, 0.15) is 5.52 Å². The van der Waals surface area contributed by atoms with Crippen molar-refractivity contribution in [1.82, 2.24) is 9.88 Å². The SMILES string of the molecule is Cc1nc2cc(NC(=O)CCN3C(=O)[C@@H]4CCCC[C@H]4C3=O)ccc2o1. The van der Waals surface area contributed by atoms with Gasteiger partial charge in [0.05, 0.1) is 11.8 Å². The second-order valence-corrected chi connectivity index (χ2v) is 7.04. The second kappa shape index (κ2) is 6.55. The molecule has 1 N–H and O–H groups in total. The third-order valence-corrected chi connectivity index (χ3v) is 5.27. The molecule has 1 saturated heterocycles. The predicted molar refractivity (Wildman–Crippen MR) is 94.2 cm³/mol. The zero-order chi connectivity index (χ0) is 18.3. The van der Waals surface area contributed by atoms with Gasteiger partial charge in [-0.3, -0.25) is 19.3 Å². The van der Waals surface area contributed by atoms with Gasteiger partial charge in [0.25, 0.3) is 0 Å². The van der Waals surface area contributed by atoms with Crippen molar-refractivity contribution in [2.24, 2.45) is 11.8 Å². The summed E-state index contributed by atoms with van der Waals surface area (Å²) in [5, 5.41) is 2.79. The molecule has 0 spiro atoms. The fourth-order valence-corrected chi connectivity index (χ4v) is 4.01. The van der Waals surface area contributed by atoms with Crippen molar-refractivity contribution in [3.63, 3.8) is 0 Å². The van der Waals surface area contributed by atoms with Crippen LogP contribution in [0.4, 0.5) is 5.69 Å². The summed E-state index contributed by atoms with van der Waals surface area (Å²) in [5.41, 5.74) is 1.95. The summed E-state index contributed by atoms with van der Waals surface area (Å²) in [4.78, 5) is 42.6. The van der Waals surface area contributed by atoms with E-state index in [0.29, 0.717) is 22.7 Å². The van der Waals surface area contributed by atoms with E-state index >= 15 is 0 Å². The molecule has 0 unspecified atom stereocenters. The van der Waals surface area contributed by atoms with Crippen molar-refractivity contribution < 1.29 is 18.8 Å². The van der Waals surface area contributed by atoms with E-state index < -0.39 is 0 Å². The number of carbonyl (C=O) groups is 3. The van der Waals surface area contributed by atoms with E-state index in [1.807, 2.05) is 0 Å². The highest BCUT2D eigenvalue weighted by molar-refractivity contribution is 6.05. The Balaban J connectivity index is 1.37. The molecule has 7 heteroatoms. The molecule has 0 bridgehead atoms. The Bertz CT molecular complexity index is 864. The zero-order valence-corrected chi connectivity index (χ0v) is 14.7. The lowest BCUT2D eigenvalue weighted by molar-refractivity contribution is -0.140. The minimum absolute atomic E-state index is 0.0901. The number of nitrogens with one attached hydrogen (secondary N) is 1. The van der Waals surface area contributed by atoms with Gasteiger partial charge in [-0.15, -0.1) is 0 Å². The molecule has 2 fully saturated rings. The Kier molecular flexibility index (Phi) is 4.22. The number of hydrogen-bond acceptors (Lipinski definition) is 5. The maximum Gasteiger partial charge on any atom is 0.233 e. The molecule has 0 radical (unpaired) electrons. The lowest BCUT2D eigenvalue weighted by Gasteiger charge is -2.19. The molecular formula is C19H21N3O4. The monoisotopic (exact) mass is 355 g/mol. The van der Waals surface area contributed by atoms with Crippen molar-refractivity contribution in [3.8, 4) is 0 Å². The summed E-state index contributed by atoms with van der Waals surface area (Å²) in [5.74, 6) is -0.218. The quantitative estimate of drug-likeness (QED) is 0.851. The maximum atomic E-state index is 12.4. The van der Waals surface area contributed by atoms with Crippen LogP contribution in [0.3, 0.4) is 0 Å². The number of fused-ring (bicyclic) bond motifs is 2. The standard InChI is InChI=1S/C19H21N3O4/c1-11-20-15-10-12(6-7-16(15)26-11)21-17(23)8-9-22-18(24)13-4-2-3-5-14(13)19(22)25/h6-7,10,13-14H,2-5,8-9H2,1H3,(H,21,23)/t13-,14-/m1/s1. The van der Waals surface area contributed by atoms with E-state index in [9.17, 15) is 14.4 Å². The van der Waals surface area contributed by atoms with Crippen LogP contribution >= 0.6 is 0 Å². The number of aromatic nitrogens is 1. The van der Waals surface area contributed by atoms with Gasteiger partial charge in [-0.25, -0.2) is 4.98 Å². The van der Waals surface area contributed by atoms with Crippen LogP contribution in [-0.4, -0.2) is 34.2 Å². The average molecular weight is 355 g/mol. The van der Waals surface area contributed by atoms with Crippen LogP contribution in [-0.2, 0) is 14.4 Å². The predicted octanol–water partition coefficient (Wildman–Crippen LogP) is 2.64. The van der Waals surface area contributed by atoms with E-state index in [1.165, 1.54) is 4.90 Å². The first-order valence-corrected chi connectivity index (χ1v) is 9.05. The minimum Gasteiger partial charge on any atom is -0.441 e. The van der Waals surface area contributed by atoms with Gasteiger partial charge >= 0.3 is 0 Å². The van der Waals surface area contributed by atoms with Crippen molar-refractivity contribution >= 4 is 34.5 Å². The third-order valence-electron chi connectivity index (χ3n) is 5.27. The van der Waals surface area contributed by atoms with Crippen LogP contribution in [0.5, 0.6) is 0 Å². The number of likely N-dealkylation sites (tertiary alicyclic amines) is 1. The number of carbonyl (C=O) groups excluding carboxylic acids is 3. The number of amides is 3. The van der Waals surface area contributed by atoms with Crippen molar-refractivity contribution in [1.29, 1.82) is 0 Å². The Labute approximate surface area is 150 Å². The average Bonchev–Trinajstić information content (AvgIpc) is 3.11. The summed E-state index contributed by atoms with van der Waals surface area (Å²) in [6.07, 6.45) is 3.66. The second-order valence-electron chi connectivity index (χ2n) is 7.04. The van der Waals surface area contributed by atoms with Crippen molar-refractivity contribution in [3.05, 3.63) is 24.1 Å². The molecule has 2 aromatic rings. The Morgan fingerprint density at radius 3 is 2.62 bits per heavy atom. The van der Waals surface area contributed by atoms with Crippen molar-refractivity contribution in [2.75, 3.05) is 11.9 Å². The number of benzene rings is 1. The molecular weight excluding hydrogens is 334 g/mol. The van der Waals surface area contributed by atoms with E-state index in [1.54, 1.807) is 25.1 Å². The van der Waals surface area contributed by atoms with E-state index in [2.05, 4.69) is 10.3 Å². The van der Waals surface area contributed by atoms with Gasteiger partial charge in [-0.2, -0.15) is 0 Å². The molecule has 1 aliphatic heterocycles. The smallest absolute Gasteiger partial charge is 0.233 e. The normalized spacial score (nSPS) is 22.7. The molecule has 1 aromatic heterocycles. The molecule has 1 aliphatic carbocycles. The first-order valence-electron chi connectivity index (χ1n) is 9.05. The van der Waals surface area contributed by atoms with Crippen LogP contribution in [0.15, 0.2) is 22.6 Å². The van der Waals surface area contributed by atoms with Gasteiger partial charge in [-0.1, -0.05) is 12.8 Å². The molecule has 1 saturated carbocycles. The maximum absolute atomic E-state index is 12.4. The first kappa shape index (κ1) is 16.8. The van der Waals surface area contributed by atoms with Crippen LogP contribution in [0, 0.1) is 18.8 Å². The first-order chi connectivity index (χ1) is 12.5. The van der Waals surface area contributed by atoms with Gasteiger partial charge in [0.15, 0.2) is 11.5 Å². The molecule has 4 rings (SSSR count). The van der Waals surface area contributed by atoms with Gasteiger partial charge in [0.2, 0.25) is 17.7 Å². The van der Waals surface area contributed by atoms with Gasteiger partial charge in [-0.05, 0) is 31.0 Å². The Hall–Kier alpha value is -2.70. The molecule has 2 heterocycles. The number of hydrogen-bond donors (Lipinski definition) is 1. The highest BCUT2D eigenvalue weighted by atomic mass is 16.3. The van der Waals surface area contributed by atoms with E-state index in [4.69, 9.17) is 4.42 Å². The number of anilines is 1. The van der Waals surface area contributed by atoms with Crippen LogP contribution < -0.4 is 5.32 Å². The lowest BCUT2D eigenvalue weighted by Crippen LogP contribution is -2.34. The largest absolute Gasteiger partial charge is 0.441 e. The van der Waals surface area contributed by atoms with Crippen LogP contribution in [0.1, 0.15) is 38.0 Å². The lowest BCUT2D eigenvalue weighted by atomic mass is 9.81. The van der Waals surface area contributed by atoms with E-state index in [-0.39, 0.29) is 42.5 Å². The summed E-state index contributed by atoms with van der Waals surface area (Å²) in [6.45, 7) is 1.90. The summed E-state index contributed by atoms with van der Waals surface area (Å²) >= 11 is 0. The summed E-state index contributed by atoms with van der Waals surface area (Å²) < 4.78 is 5.41.